The van der Waals surface area contributed by atoms with Crippen molar-refractivity contribution in [2.75, 3.05) is 32.1 Å². The van der Waals surface area contributed by atoms with Gasteiger partial charge in [0, 0.05) is 25.1 Å². The van der Waals surface area contributed by atoms with Crippen LogP contribution < -0.4 is 10.1 Å². The van der Waals surface area contributed by atoms with E-state index in [0.29, 0.717) is 25.1 Å². The molecule has 8 nitrogen and oxygen atoms in total. The van der Waals surface area contributed by atoms with E-state index in [9.17, 15) is 14.4 Å². The number of benzene rings is 1. The van der Waals surface area contributed by atoms with Gasteiger partial charge in [-0.05, 0) is 33.3 Å². The normalized spacial score (nSPS) is 16.5. The second-order valence-corrected chi connectivity index (χ2v) is 7.90. The summed E-state index contributed by atoms with van der Waals surface area (Å²) >= 11 is 6.07. The molecule has 0 saturated carbocycles. The summed E-state index contributed by atoms with van der Waals surface area (Å²) in [5, 5.41) is 2.72. The third kappa shape index (κ3) is 6.02. The Morgan fingerprint density at radius 2 is 2.07 bits per heavy atom. The van der Waals surface area contributed by atoms with Crippen molar-refractivity contribution in [2.45, 2.75) is 32.8 Å². The number of aldehydes is 1. The summed E-state index contributed by atoms with van der Waals surface area (Å²) in [6.07, 6.45) is 0.283. The predicted molar refractivity (Wildman–Crippen MR) is 104 cm³/mol. The largest absolute Gasteiger partial charge is 0.496 e. The smallest absolute Gasteiger partial charge is 0.411 e. The topological polar surface area (TPSA) is 94.2 Å². The summed E-state index contributed by atoms with van der Waals surface area (Å²) in [5.41, 5.74) is 0.00109. The van der Waals surface area contributed by atoms with Crippen LogP contribution in [0.25, 0.3) is 0 Å². The molecule has 1 atom stereocenters. The molecule has 0 unspecified atom stereocenters. The molecule has 1 aliphatic heterocycles. The lowest BCUT2D eigenvalue weighted by Crippen LogP contribution is -2.35. The van der Waals surface area contributed by atoms with Crippen LogP contribution in [0.4, 0.5) is 15.3 Å². The van der Waals surface area contributed by atoms with E-state index in [1.165, 1.54) is 19.2 Å². The summed E-state index contributed by atoms with van der Waals surface area (Å²) in [4.78, 5) is 36.7. The van der Waals surface area contributed by atoms with Crippen LogP contribution in [0.5, 0.6) is 5.75 Å². The number of nitrogens with one attached hydrogen (secondary N) is 1. The zero-order valence-electron chi connectivity index (χ0n) is 16.4. The van der Waals surface area contributed by atoms with E-state index < -0.39 is 11.7 Å². The van der Waals surface area contributed by atoms with Crippen LogP contribution in [0.1, 0.15) is 37.6 Å². The van der Waals surface area contributed by atoms with Crippen LogP contribution in [-0.2, 0) is 9.47 Å². The number of nitrogens with zero attached hydrogens (tertiary/aromatic N) is 1. The Labute approximate surface area is 169 Å². The summed E-state index contributed by atoms with van der Waals surface area (Å²) in [7, 11) is 1.41. The SMILES string of the molecule is COc1cc(NC(=O)OC[C@@H]2CCN(C(=O)OC(C)(C)C)C2)c(Cl)cc1C=O. The summed E-state index contributed by atoms with van der Waals surface area (Å²) < 4.78 is 15.7. The molecule has 1 fully saturated rings. The first-order valence-corrected chi connectivity index (χ1v) is 9.25. The number of hydrogen-bond donors (Lipinski definition) is 1. The Kier molecular flexibility index (Phi) is 7.12. The molecule has 0 bridgehead atoms. The van der Waals surface area contributed by atoms with Gasteiger partial charge in [-0.25, -0.2) is 9.59 Å². The molecule has 1 aliphatic rings. The van der Waals surface area contributed by atoms with Gasteiger partial charge in [-0.3, -0.25) is 10.1 Å². The van der Waals surface area contributed by atoms with Crippen LogP contribution in [0, 0.1) is 5.92 Å². The van der Waals surface area contributed by atoms with Crippen molar-refractivity contribution < 1.29 is 28.6 Å². The number of halogens is 1. The summed E-state index contributed by atoms with van der Waals surface area (Å²) in [5.74, 6) is 0.319. The van der Waals surface area contributed by atoms with E-state index in [2.05, 4.69) is 5.32 Å². The second kappa shape index (κ2) is 9.14. The Bertz CT molecular complexity index is 747. The second-order valence-electron chi connectivity index (χ2n) is 7.50. The van der Waals surface area contributed by atoms with Crippen molar-refractivity contribution >= 4 is 35.8 Å². The molecule has 1 aromatic rings. The average molecular weight is 413 g/mol. The summed E-state index contributed by atoms with van der Waals surface area (Å²) in [6, 6.07) is 2.85. The lowest BCUT2D eigenvalue weighted by atomic mass is 10.1. The zero-order valence-corrected chi connectivity index (χ0v) is 17.2. The number of carbonyl (C=O) groups excluding carboxylic acids is 3. The number of amides is 2. The highest BCUT2D eigenvalue weighted by atomic mass is 35.5. The maximum Gasteiger partial charge on any atom is 0.411 e. The molecule has 2 amide bonds. The predicted octanol–water partition coefficient (Wildman–Crippen LogP) is 3.97. The van der Waals surface area contributed by atoms with E-state index in [1.54, 1.807) is 4.90 Å². The molecule has 154 valence electrons. The van der Waals surface area contributed by atoms with E-state index in [-0.39, 0.29) is 34.9 Å². The van der Waals surface area contributed by atoms with Gasteiger partial charge in [0.1, 0.15) is 11.4 Å². The summed E-state index contributed by atoms with van der Waals surface area (Å²) in [6.45, 7) is 6.62. The maximum absolute atomic E-state index is 12.1. The van der Waals surface area contributed by atoms with Gasteiger partial charge in [0.2, 0.25) is 0 Å². The quantitative estimate of drug-likeness (QED) is 0.735. The Balaban J connectivity index is 1.85. The number of methoxy groups -OCH3 is 1. The van der Waals surface area contributed by atoms with Gasteiger partial charge in [-0.1, -0.05) is 11.6 Å². The molecule has 1 N–H and O–H groups in total. The van der Waals surface area contributed by atoms with E-state index in [1.807, 2.05) is 20.8 Å². The molecule has 0 aromatic heterocycles. The van der Waals surface area contributed by atoms with Gasteiger partial charge in [-0.2, -0.15) is 0 Å². The van der Waals surface area contributed by atoms with Gasteiger partial charge < -0.3 is 19.1 Å². The van der Waals surface area contributed by atoms with Crippen LogP contribution in [0.15, 0.2) is 12.1 Å². The number of hydrogen-bond acceptors (Lipinski definition) is 6. The monoisotopic (exact) mass is 412 g/mol. The maximum atomic E-state index is 12.1. The van der Waals surface area contributed by atoms with Gasteiger partial charge in [-0.15, -0.1) is 0 Å². The fourth-order valence-corrected chi connectivity index (χ4v) is 2.95. The fraction of sp³-hybridized carbons (Fsp3) is 0.526. The molecule has 2 rings (SSSR count). The van der Waals surface area contributed by atoms with Crippen LogP contribution in [-0.4, -0.2) is 55.8 Å². The Hall–Kier alpha value is -2.48. The van der Waals surface area contributed by atoms with Crippen molar-refractivity contribution in [3.05, 3.63) is 22.7 Å². The van der Waals surface area contributed by atoms with Crippen molar-refractivity contribution in [1.29, 1.82) is 0 Å². The van der Waals surface area contributed by atoms with Gasteiger partial charge in [0.05, 0.1) is 30.0 Å². The average Bonchev–Trinajstić information content (AvgIpc) is 3.09. The number of ether oxygens (including phenoxy) is 3. The first-order chi connectivity index (χ1) is 13.1. The van der Waals surface area contributed by atoms with Gasteiger partial charge >= 0.3 is 12.2 Å². The lowest BCUT2D eigenvalue weighted by molar-refractivity contribution is 0.0283. The highest BCUT2D eigenvalue weighted by Crippen LogP contribution is 2.30. The standard InChI is InChI=1S/C19H25ClN2O6/c1-19(2,3)28-18(25)22-6-5-12(9-22)11-27-17(24)21-15-8-16(26-4)13(10-23)7-14(15)20/h7-8,10,12H,5-6,9,11H2,1-4H3,(H,21,24)/t12-/m1/s1. The minimum atomic E-state index is -0.682. The molecule has 1 aromatic carbocycles. The van der Waals surface area contributed by atoms with Crippen molar-refractivity contribution in [3.63, 3.8) is 0 Å². The number of rotatable bonds is 5. The molecule has 28 heavy (non-hydrogen) atoms. The molecule has 1 heterocycles. The zero-order chi connectivity index (χ0) is 20.9. The molecule has 0 spiro atoms. The molecular formula is C19H25ClN2O6. The minimum absolute atomic E-state index is 0.0284. The molecule has 1 saturated heterocycles. The fourth-order valence-electron chi connectivity index (χ4n) is 2.73. The van der Waals surface area contributed by atoms with Crippen LogP contribution in [0.2, 0.25) is 5.02 Å². The molecule has 0 aliphatic carbocycles. The highest BCUT2D eigenvalue weighted by molar-refractivity contribution is 6.34. The first kappa shape index (κ1) is 21.8. The first-order valence-electron chi connectivity index (χ1n) is 8.87. The third-order valence-corrected chi connectivity index (χ3v) is 4.38. The van der Waals surface area contributed by atoms with Crippen molar-refractivity contribution in [2.24, 2.45) is 5.92 Å². The van der Waals surface area contributed by atoms with Gasteiger partial charge in [0.25, 0.3) is 0 Å². The third-order valence-electron chi connectivity index (χ3n) is 4.07. The number of likely N-dealkylation sites (tertiary alicyclic amines) is 1. The van der Waals surface area contributed by atoms with E-state index in [0.717, 1.165) is 6.42 Å². The number of anilines is 1. The van der Waals surface area contributed by atoms with E-state index in [4.69, 9.17) is 25.8 Å². The van der Waals surface area contributed by atoms with Crippen LogP contribution in [0.3, 0.4) is 0 Å². The molecular weight excluding hydrogens is 388 g/mol. The van der Waals surface area contributed by atoms with Crippen molar-refractivity contribution in [1.82, 2.24) is 4.90 Å². The highest BCUT2D eigenvalue weighted by Gasteiger charge is 2.30. The molecule has 9 heteroatoms. The Morgan fingerprint density at radius 3 is 2.68 bits per heavy atom. The lowest BCUT2D eigenvalue weighted by Gasteiger charge is -2.24. The number of carbonyl (C=O) groups is 3. The van der Waals surface area contributed by atoms with Gasteiger partial charge in [0.15, 0.2) is 6.29 Å². The minimum Gasteiger partial charge on any atom is -0.496 e. The molecule has 0 radical (unpaired) electrons. The van der Waals surface area contributed by atoms with Crippen LogP contribution >= 0.6 is 11.6 Å². The van der Waals surface area contributed by atoms with Crippen molar-refractivity contribution in [3.8, 4) is 5.75 Å². The Morgan fingerprint density at radius 1 is 1.36 bits per heavy atom. The van der Waals surface area contributed by atoms with E-state index >= 15 is 0 Å².